The summed E-state index contributed by atoms with van der Waals surface area (Å²) in [4.78, 5) is 12.2. The first-order valence-electron chi connectivity index (χ1n) is 7.06. The second-order valence-electron chi connectivity index (χ2n) is 5.43. The molecule has 0 amide bonds. The molecule has 0 radical (unpaired) electrons. The Morgan fingerprint density at radius 1 is 1.05 bits per heavy atom. The molecular formula is C18H18O2. The van der Waals surface area contributed by atoms with Crippen molar-refractivity contribution in [2.45, 2.75) is 32.3 Å². The summed E-state index contributed by atoms with van der Waals surface area (Å²) in [6.45, 7) is 2.05. The molecule has 2 aromatic carbocycles. The molecule has 0 spiro atoms. The molecule has 3 rings (SSSR count). The fraction of sp³-hybridized carbons (Fsp3) is 0.278. The Morgan fingerprint density at radius 3 is 2.30 bits per heavy atom. The average molecular weight is 266 g/mol. The van der Waals surface area contributed by atoms with E-state index in [-0.39, 0.29) is 5.78 Å². The van der Waals surface area contributed by atoms with Crippen molar-refractivity contribution in [1.29, 1.82) is 0 Å². The zero-order valence-corrected chi connectivity index (χ0v) is 11.6. The number of aryl methyl sites for hydroxylation is 1. The van der Waals surface area contributed by atoms with Gasteiger partial charge in [-0.05, 0) is 49.6 Å². The standard InChI is InChI=1S/C18H18O2/c1-13-2-4-14(5-3-13)12-18(19)15-6-8-16(9-7-15)20-17-10-11-17/h2-9,17H,10-12H2,1H3. The van der Waals surface area contributed by atoms with Crippen molar-refractivity contribution in [1.82, 2.24) is 0 Å². The maximum atomic E-state index is 12.2. The van der Waals surface area contributed by atoms with Crippen LogP contribution in [0.1, 0.15) is 34.3 Å². The minimum Gasteiger partial charge on any atom is -0.490 e. The quantitative estimate of drug-likeness (QED) is 0.766. The number of benzene rings is 2. The van der Waals surface area contributed by atoms with Crippen LogP contribution in [0, 0.1) is 6.92 Å². The number of Topliss-reactive ketones (excluding diaryl/α,β-unsaturated/α-hetero) is 1. The van der Waals surface area contributed by atoms with Gasteiger partial charge in [-0.25, -0.2) is 0 Å². The predicted octanol–water partition coefficient (Wildman–Crippen LogP) is 3.96. The largest absolute Gasteiger partial charge is 0.490 e. The molecule has 0 atom stereocenters. The Morgan fingerprint density at radius 2 is 1.70 bits per heavy atom. The maximum absolute atomic E-state index is 12.2. The zero-order valence-electron chi connectivity index (χ0n) is 11.6. The monoisotopic (exact) mass is 266 g/mol. The van der Waals surface area contributed by atoms with Crippen LogP contribution in [0.3, 0.4) is 0 Å². The van der Waals surface area contributed by atoms with Crippen LogP contribution in [0.4, 0.5) is 0 Å². The van der Waals surface area contributed by atoms with Crippen molar-refractivity contribution in [3.63, 3.8) is 0 Å². The van der Waals surface area contributed by atoms with Gasteiger partial charge in [-0.15, -0.1) is 0 Å². The highest BCUT2D eigenvalue weighted by atomic mass is 16.5. The number of hydrogen-bond donors (Lipinski definition) is 0. The highest BCUT2D eigenvalue weighted by Crippen LogP contribution is 2.26. The van der Waals surface area contributed by atoms with E-state index in [2.05, 4.69) is 0 Å². The Kier molecular flexibility index (Phi) is 3.55. The summed E-state index contributed by atoms with van der Waals surface area (Å²) in [6, 6.07) is 15.6. The van der Waals surface area contributed by atoms with Crippen molar-refractivity contribution in [2.24, 2.45) is 0 Å². The Labute approximate surface area is 119 Å². The molecule has 0 aromatic heterocycles. The molecule has 1 saturated carbocycles. The van der Waals surface area contributed by atoms with E-state index in [1.54, 1.807) is 0 Å². The van der Waals surface area contributed by atoms with Crippen LogP contribution in [0.15, 0.2) is 48.5 Å². The lowest BCUT2D eigenvalue weighted by Crippen LogP contribution is -2.04. The van der Waals surface area contributed by atoms with Crippen molar-refractivity contribution in [3.8, 4) is 5.75 Å². The molecule has 0 heterocycles. The number of rotatable bonds is 5. The molecule has 1 fully saturated rings. The van der Waals surface area contributed by atoms with Gasteiger partial charge in [-0.3, -0.25) is 4.79 Å². The van der Waals surface area contributed by atoms with Gasteiger partial charge in [0.25, 0.3) is 0 Å². The van der Waals surface area contributed by atoms with Crippen molar-refractivity contribution < 1.29 is 9.53 Å². The third-order valence-corrected chi connectivity index (χ3v) is 3.49. The summed E-state index contributed by atoms with van der Waals surface area (Å²) >= 11 is 0. The molecular weight excluding hydrogens is 248 g/mol. The van der Waals surface area contributed by atoms with E-state index in [1.807, 2.05) is 55.5 Å². The fourth-order valence-corrected chi connectivity index (χ4v) is 2.09. The lowest BCUT2D eigenvalue weighted by atomic mass is 10.0. The first-order chi connectivity index (χ1) is 9.70. The van der Waals surface area contributed by atoms with E-state index in [9.17, 15) is 4.79 Å². The summed E-state index contributed by atoms with van der Waals surface area (Å²) in [5.74, 6) is 1.01. The van der Waals surface area contributed by atoms with Gasteiger partial charge in [-0.1, -0.05) is 29.8 Å². The molecule has 0 saturated heterocycles. The highest BCUT2D eigenvalue weighted by molar-refractivity contribution is 5.97. The number of carbonyl (C=O) groups excluding carboxylic acids is 1. The number of hydrogen-bond acceptors (Lipinski definition) is 2. The van der Waals surface area contributed by atoms with Gasteiger partial charge in [0.05, 0.1) is 6.10 Å². The van der Waals surface area contributed by atoms with E-state index in [1.165, 1.54) is 5.56 Å². The number of carbonyl (C=O) groups is 1. The maximum Gasteiger partial charge on any atom is 0.167 e. The van der Waals surface area contributed by atoms with Crippen LogP contribution in [0.5, 0.6) is 5.75 Å². The molecule has 2 heteroatoms. The van der Waals surface area contributed by atoms with Gasteiger partial charge < -0.3 is 4.74 Å². The van der Waals surface area contributed by atoms with Gasteiger partial charge >= 0.3 is 0 Å². The molecule has 0 unspecified atom stereocenters. The Balaban J connectivity index is 1.65. The summed E-state index contributed by atoms with van der Waals surface area (Å²) in [5.41, 5.74) is 3.01. The lowest BCUT2D eigenvalue weighted by molar-refractivity contribution is 0.0993. The van der Waals surface area contributed by atoms with Crippen molar-refractivity contribution >= 4 is 5.78 Å². The molecule has 0 bridgehead atoms. The van der Waals surface area contributed by atoms with E-state index in [0.29, 0.717) is 12.5 Å². The first-order valence-corrected chi connectivity index (χ1v) is 7.06. The average Bonchev–Trinajstić information content (AvgIpc) is 3.26. The minimum absolute atomic E-state index is 0.145. The molecule has 102 valence electrons. The fourth-order valence-electron chi connectivity index (χ4n) is 2.09. The van der Waals surface area contributed by atoms with Crippen LogP contribution >= 0.6 is 0 Å². The van der Waals surface area contributed by atoms with Crippen molar-refractivity contribution in [2.75, 3.05) is 0 Å². The molecule has 0 N–H and O–H groups in total. The van der Waals surface area contributed by atoms with Gasteiger partial charge in [0.2, 0.25) is 0 Å². The summed E-state index contributed by atoms with van der Waals surface area (Å²) in [5, 5.41) is 0. The predicted molar refractivity (Wildman–Crippen MR) is 79.3 cm³/mol. The topological polar surface area (TPSA) is 26.3 Å². The van der Waals surface area contributed by atoms with Gasteiger partial charge in [0.1, 0.15) is 5.75 Å². The zero-order chi connectivity index (χ0) is 13.9. The van der Waals surface area contributed by atoms with Crippen molar-refractivity contribution in [3.05, 3.63) is 65.2 Å². The third-order valence-electron chi connectivity index (χ3n) is 3.49. The molecule has 20 heavy (non-hydrogen) atoms. The smallest absolute Gasteiger partial charge is 0.167 e. The molecule has 2 nitrogen and oxygen atoms in total. The second-order valence-corrected chi connectivity index (χ2v) is 5.43. The molecule has 1 aliphatic carbocycles. The number of ether oxygens (including phenoxy) is 1. The summed E-state index contributed by atoms with van der Waals surface area (Å²) in [7, 11) is 0. The first kappa shape index (κ1) is 12.9. The Hall–Kier alpha value is -2.09. The second kappa shape index (κ2) is 5.49. The normalized spacial score (nSPS) is 14.1. The Bertz CT molecular complexity index is 592. The molecule has 0 aliphatic heterocycles. The van der Waals surface area contributed by atoms with E-state index >= 15 is 0 Å². The van der Waals surface area contributed by atoms with Crippen LogP contribution in [0.25, 0.3) is 0 Å². The van der Waals surface area contributed by atoms with Crippen LogP contribution in [-0.4, -0.2) is 11.9 Å². The minimum atomic E-state index is 0.145. The third kappa shape index (κ3) is 3.27. The van der Waals surface area contributed by atoms with Gasteiger partial charge in [-0.2, -0.15) is 0 Å². The highest BCUT2D eigenvalue weighted by Gasteiger charge is 2.23. The summed E-state index contributed by atoms with van der Waals surface area (Å²) in [6.07, 6.45) is 3.13. The van der Waals surface area contributed by atoms with E-state index < -0.39 is 0 Å². The lowest BCUT2D eigenvalue weighted by Gasteiger charge is -2.06. The SMILES string of the molecule is Cc1ccc(CC(=O)c2ccc(OC3CC3)cc2)cc1. The molecule has 2 aromatic rings. The van der Waals surface area contributed by atoms with Crippen LogP contribution < -0.4 is 4.74 Å². The van der Waals surface area contributed by atoms with E-state index in [4.69, 9.17) is 4.74 Å². The van der Waals surface area contributed by atoms with Crippen LogP contribution in [-0.2, 0) is 6.42 Å². The molecule has 1 aliphatic rings. The number of ketones is 1. The van der Waals surface area contributed by atoms with Crippen LogP contribution in [0.2, 0.25) is 0 Å². The summed E-state index contributed by atoms with van der Waals surface area (Å²) < 4.78 is 5.68. The van der Waals surface area contributed by atoms with Gasteiger partial charge in [0.15, 0.2) is 5.78 Å². The van der Waals surface area contributed by atoms with E-state index in [0.717, 1.165) is 29.7 Å². The van der Waals surface area contributed by atoms with Gasteiger partial charge in [0, 0.05) is 12.0 Å².